The van der Waals surface area contributed by atoms with E-state index in [1.807, 2.05) is 0 Å². The molecule has 0 amide bonds. The van der Waals surface area contributed by atoms with Crippen LogP contribution >= 0.6 is 0 Å². The van der Waals surface area contributed by atoms with Crippen molar-refractivity contribution in [2.75, 3.05) is 13.2 Å². The zero-order chi connectivity index (χ0) is 12.3. The van der Waals surface area contributed by atoms with Crippen LogP contribution in [0.1, 0.15) is 59.3 Å². The highest BCUT2D eigenvalue weighted by molar-refractivity contribution is 4.85. The zero-order valence-electron chi connectivity index (χ0n) is 11.8. The lowest BCUT2D eigenvalue weighted by molar-refractivity contribution is 0.0697. The van der Waals surface area contributed by atoms with Gasteiger partial charge in [-0.3, -0.25) is 0 Å². The summed E-state index contributed by atoms with van der Waals surface area (Å²) in [5.74, 6) is 0.926. The predicted molar refractivity (Wildman–Crippen MR) is 72.2 cm³/mol. The van der Waals surface area contributed by atoms with Gasteiger partial charge in [-0.2, -0.15) is 0 Å². The van der Waals surface area contributed by atoms with Crippen LogP contribution in [0.25, 0.3) is 0 Å². The van der Waals surface area contributed by atoms with Gasteiger partial charge in [-0.25, -0.2) is 0 Å². The van der Waals surface area contributed by atoms with Crippen molar-refractivity contribution in [1.29, 1.82) is 0 Å². The molecule has 0 aromatic heterocycles. The second-order valence-corrected chi connectivity index (χ2v) is 6.97. The van der Waals surface area contributed by atoms with Crippen LogP contribution < -0.4 is 5.32 Å². The summed E-state index contributed by atoms with van der Waals surface area (Å²) in [5.41, 5.74) is 0.504. The number of nitrogens with one attached hydrogen (secondary N) is 1. The Morgan fingerprint density at radius 3 is 1.88 bits per heavy atom. The SMILES string of the molecule is CC(C)(C)C1CCC(NC2CCOCC2)CC1. The first kappa shape index (κ1) is 13.4. The van der Waals surface area contributed by atoms with Crippen LogP contribution in [0.2, 0.25) is 0 Å². The summed E-state index contributed by atoms with van der Waals surface area (Å²) in [6.45, 7) is 9.09. The van der Waals surface area contributed by atoms with Gasteiger partial charge >= 0.3 is 0 Å². The number of hydrogen-bond donors (Lipinski definition) is 1. The van der Waals surface area contributed by atoms with Gasteiger partial charge in [-0.15, -0.1) is 0 Å². The van der Waals surface area contributed by atoms with Crippen LogP contribution in [-0.2, 0) is 4.74 Å². The molecule has 2 nitrogen and oxygen atoms in total. The molecular formula is C15H29NO. The summed E-state index contributed by atoms with van der Waals surface area (Å²) in [5, 5.41) is 3.85. The lowest BCUT2D eigenvalue weighted by Crippen LogP contribution is -2.44. The van der Waals surface area contributed by atoms with E-state index < -0.39 is 0 Å². The molecule has 0 radical (unpaired) electrons. The topological polar surface area (TPSA) is 21.3 Å². The molecule has 1 heterocycles. The van der Waals surface area contributed by atoms with Gasteiger partial charge in [0.2, 0.25) is 0 Å². The molecule has 17 heavy (non-hydrogen) atoms. The van der Waals surface area contributed by atoms with Gasteiger partial charge < -0.3 is 10.1 Å². The minimum absolute atomic E-state index is 0.504. The summed E-state index contributed by atoms with van der Waals surface area (Å²) >= 11 is 0. The largest absolute Gasteiger partial charge is 0.381 e. The quantitative estimate of drug-likeness (QED) is 0.798. The third-order valence-corrected chi connectivity index (χ3v) is 4.64. The molecule has 0 aromatic carbocycles. The highest BCUT2D eigenvalue weighted by Gasteiger charge is 2.30. The molecule has 2 aliphatic rings. The van der Waals surface area contributed by atoms with Gasteiger partial charge in [0.05, 0.1) is 0 Å². The smallest absolute Gasteiger partial charge is 0.0480 e. The molecule has 2 fully saturated rings. The number of hydrogen-bond acceptors (Lipinski definition) is 2. The predicted octanol–water partition coefficient (Wildman–Crippen LogP) is 3.36. The Bertz CT molecular complexity index is 220. The van der Waals surface area contributed by atoms with Crippen molar-refractivity contribution >= 4 is 0 Å². The van der Waals surface area contributed by atoms with E-state index in [0.29, 0.717) is 5.41 Å². The van der Waals surface area contributed by atoms with E-state index in [-0.39, 0.29) is 0 Å². The van der Waals surface area contributed by atoms with Crippen LogP contribution in [0.4, 0.5) is 0 Å². The summed E-state index contributed by atoms with van der Waals surface area (Å²) in [6, 6.07) is 1.50. The monoisotopic (exact) mass is 239 g/mol. The van der Waals surface area contributed by atoms with Crippen LogP contribution in [-0.4, -0.2) is 25.3 Å². The molecule has 1 aliphatic heterocycles. The van der Waals surface area contributed by atoms with Crippen LogP contribution in [0.5, 0.6) is 0 Å². The van der Waals surface area contributed by atoms with Crippen LogP contribution in [0, 0.1) is 11.3 Å². The highest BCUT2D eigenvalue weighted by atomic mass is 16.5. The first-order chi connectivity index (χ1) is 8.05. The Morgan fingerprint density at radius 2 is 1.35 bits per heavy atom. The fraction of sp³-hybridized carbons (Fsp3) is 1.00. The van der Waals surface area contributed by atoms with Gasteiger partial charge in [-0.05, 0) is 49.9 Å². The van der Waals surface area contributed by atoms with Crippen molar-refractivity contribution in [3.8, 4) is 0 Å². The Morgan fingerprint density at radius 1 is 0.824 bits per heavy atom. The average molecular weight is 239 g/mol. The van der Waals surface area contributed by atoms with Gasteiger partial charge in [0, 0.05) is 25.3 Å². The average Bonchev–Trinajstić information content (AvgIpc) is 2.30. The molecule has 100 valence electrons. The fourth-order valence-electron chi connectivity index (χ4n) is 3.32. The van der Waals surface area contributed by atoms with E-state index in [0.717, 1.165) is 31.2 Å². The van der Waals surface area contributed by atoms with E-state index in [1.165, 1.54) is 38.5 Å². The second kappa shape index (κ2) is 5.71. The maximum Gasteiger partial charge on any atom is 0.0480 e. The standard InChI is InChI=1S/C15H29NO/c1-15(2,3)12-4-6-13(7-5-12)16-14-8-10-17-11-9-14/h12-14,16H,4-11H2,1-3H3. The molecule has 1 aliphatic carbocycles. The zero-order valence-corrected chi connectivity index (χ0v) is 11.8. The molecule has 0 aromatic rings. The van der Waals surface area contributed by atoms with Gasteiger partial charge in [0.15, 0.2) is 0 Å². The maximum absolute atomic E-state index is 5.41. The molecule has 0 spiro atoms. The van der Waals surface area contributed by atoms with Crippen LogP contribution in [0.15, 0.2) is 0 Å². The second-order valence-electron chi connectivity index (χ2n) is 6.97. The Balaban J connectivity index is 1.71. The number of rotatable bonds is 2. The van der Waals surface area contributed by atoms with Crippen molar-refractivity contribution in [1.82, 2.24) is 5.32 Å². The van der Waals surface area contributed by atoms with E-state index in [4.69, 9.17) is 4.74 Å². The Hall–Kier alpha value is -0.0800. The first-order valence-corrected chi connectivity index (χ1v) is 7.39. The van der Waals surface area contributed by atoms with Gasteiger partial charge in [0.25, 0.3) is 0 Å². The molecule has 2 rings (SSSR count). The van der Waals surface area contributed by atoms with Crippen molar-refractivity contribution in [2.24, 2.45) is 11.3 Å². The molecule has 2 heteroatoms. The molecule has 0 atom stereocenters. The minimum Gasteiger partial charge on any atom is -0.381 e. The molecular weight excluding hydrogens is 210 g/mol. The number of ether oxygens (including phenoxy) is 1. The Labute approximate surface area is 107 Å². The summed E-state index contributed by atoms with van der Waals surface area (Å²) in [4.78, 5) is 0. The lowest BCUT2D eigenvalue weighted by Gasteiger charge is -2.38. The van der Waals surface area contributed by atoms with Crippen LogP contribution in [0.3, 0.4) is 0 Å². The maximum atomic E-state index is 5.41. The summed E-state index contributed by atoms with van der Waals surface area (Å²) in [6.07, 6.45) is 7.98. The summed E-state index contributed by atoms with van der Waals surface area (Å²) < 4.78 is 5.41. The lowest BCUT2D eigenvalue weighted by atomic mass is 9.71. The Kier molecular flexibility index (Phi) is 4.48. The van der Waals surface area contributed by atoms with Gasteiger partial charge in [0.1, 0.15) is 0 Å². The molecule has 1 saturated carbocycles. The van der Waals surface area contributed by atoms with E-state index >= 15 is 0 Å². The molecule has 1 N–H and O–H groups in total. The normalized spacial score (nSPS) is 32.6. The summed E-state index contributed by atoms with van der Waals surface area (Å²) in [7, 11) is 0. The van der Waals surface area contributed by atoms with Crippen molar-refractivity contribution in [3.63, 3.8) is 0 Å². The molecule has 1 saturated heterocycles. The fourth-order valence-corrected chi connectivity index (χ4v) is 3.32. The molecule has 0 bridgehead atoms. The van der Waals surface area contributed by atoms with Crippen molar-refractivity contribution < 1.29 is 4.74 Å². The van der Waals surface area contributed by atoms with E-state index in [9.17, 15) is 0 Å². The molecule has 0 unspecified atom stereocenters. The van der Waals surface area contributed by atoms with Crippen molar-refractivity contribution in [2.45, 2.75) is 71.4 Å². The highest BCUT2D eigenvalue weighted by Crippen LogP contribution is 2.37. The first-order valence-electron chi connectivity index (χ1n) is 7.39. The van der Waals surface area contributed by atoms with E-state index in [2.05, 4.69) is 26.1 Å². The van der Waals surface area contributed by atoms with E-state index in [1.54, 1.807) is 0 Å². The minimum atomic E-state index is 0.504. The third-order valence-electron chi connectivity index (χ3n) is 4.64. The van der Waals surface area contributed by atoms with Gasteiger partial charge in [-0.1, -0.05) is 20.8 Å². The third kappa shape index (κ3) is 3.96. The van der Waals surface area contributed by atoms with Crippen molar-refractivity contribution in [3.05, 3.63) is 0 Å².